The SMILES string of the molecule is C[C@]12CCC(=O)N[C@@H]1CCc1ccccc12. The number of hydrogen-bond acceptors (Lipinski definition) is 1. The molecule has 2 heteroatoms. The largest absolute Gasteiger partial charge is 0.352 e. The van der Waals surface area contributed by atoms with Crippen LogP contribution in [0.15, 0.2) is 24.3 Å². The monoisotopic (exact) mass is 215 g/mol. The second-order valence-electron chi connectivity index (χ2n) is 5.23. The first-order valence-electron chi connectivity index (χ1n) is 6.08. The predicted octanol–water partition coefficient (Wildman–Crippen LogP) is 2.17. The molecular formula is C14H17NO. The molecule has 1 fully saturated rings. The zero-order chi connectivity index (χ0) is 11.2. The number of nitrogens with one attached hydrogen (secondary N) is 1. The number of rotatable bonds is 0. The van der Waals surface area contributed by atoms with Gasteiger partial charge in [-0.3, -0.25) is 4.79 Å². The lowest BCUT2D eigenvalue weighted by atomic mass is 9.64. The van der Waals surface area contributed by atoms with Gasteiger partial charge in [-0.2, -0.15) is 0 Å². The van der Waals surface area contributed by atoms with E-state index in [1.54, 1.807) is 0 Å². The molecule has 0 bridgehead atoms. The van der Waals surface area contributed by atoms with Gasteiger partial charge in [-0.15, -0.1) is 0 Å². The van der Waals surface area contributed by atoms with Gasteiger partial charge < -0.3 is 5.32 Å². The van der Waals surface area contributed by atoms with Crippen LogP contribution < -0.4 is 5.32 Å². The molecule has 84 valence electrons. The fraction of sp³-hybridized carbons (Fsp3) is 0.500. The lowest BCUT2D eigenvalue weighted by molar-refractivity contribution is -0.125. The predicted molar refractivity (Wildman–Crippen MR) is 63.3 cm³/mol. The van der Waals surface area contributed by atoms with Crippen molar-refractivity contribution in [2.45, 2.75) is 44.1 Å². The zero-order valence-corrected chi connectivity index (χ0v) is 9.62. The molecule has 0 spiro atoms. The number of benzene rings is 1. The summed E-state index contributed by atoms with van der Waals surface area (Å²) >= 11 is 0. The van der Waals surface area contributed by atoms with Gasteiger partial charge in [-0.05, 0) is 30.4 Å². The third kappa shape index (κ3) is 1.29. The number of aryl methyl sites for hydroxylation is 1. The molecule has 1 N–H and O–H groups in total. The molecule has 2 nitrogen and oxygen atoms in total. The van der Waals surface area contributed by atoms with Gasteiger partial charge in [-0.1, -0.05) is 31.2 Å². The van der Waals surface area contributed by atoms with Crippen molar-refractivity contribution < 1.29 is 4.79 Å². The van der Waals surface area contributed by atoms with Crippen molar-refractivity contribution in [3.05, 3.63) is 35.4 Å². The molecule has 1 aliphatic carbocycles. The second-order valence-corrected chi connectivity index (χ2v) is 5.23. The number of carbonyl (C=O) groups excluding carboxylic acids is 1. The summed E-state index contributed by atoms with van der Waals surface area (Å²) in [6, 6.07) is 9.03. The van der Waals surface area contributed by atoms with Gasteiger partial charge in [0.05, 0.1) is 0 Å². The lowest BCUT2D eigenvalue weighted by Crippen LogP contribution is -2.55. The van der Waals surface area contributed by atoms with Crippen molar-refractivity contribution in [2.24, 2.45) is 0 Å². The molecule has 1 amide bonds. The first-order chi connectivity index (χ1) is 7.70. The maximum Gasteiger partial charge on any atom is 0.220 e. The van der Waals surface area contributed by atoms with Gasteiger partial charge in [0.1, 0.15) is 0 Å². The van der Waals surface area contributed by atoms with Gasteiger partial charge in [-0.25, -0.2) is 0 Å². The molecule has 0 saturated carbocycles. The third-order valence-electron chi connectivity index (χ3n) is 4.31. The minimum Gasteiger partial charge on any atom is -0.352 e. The minimum atomic E-state index is 0.156. The van der Waals surface area contributed by atoms with Gasteiger partial charge >= 0.3 is 0 Å². The topological polar surface area (TPSA) is 29.1 Å². The first-order valence-corrected chi connectivity index (χ1v) is 6.08. The van der Waals surface area contributed by atoms with Gasteiger partial charge in [0.25, 0.3) is 0 Å². The molecule has 0 aromatic heterocycles. The van der Waals surface area contributed by atoms with E-state index in [1.165, 1.54) is 11.1 Å². The summed E-state index contributed by atoms with van der Waals surface area (Å²) in [6.07, 6.45) is 3.83. The smallest absolute Gasteiger partial charge is 0.220 e. The van der Waals surface area contributed by atoms with E-state index in [4.69, 9.17) is 0 Å². The molecule has 1 saturated heterocycles. The highest BCUT2D eigenvalue weighted by Gasteiger charge is 2.43. The minimum absolute atomic E-state index is 0.156. The van der Waals surface area contributed by atoms with Crippen LogP contribution in [0.5, 0.6) is 0 Å². The summed E-state index contributed by atoms with van der Waals surface area (Å²) in [7, 11) is 0. The van der Waals surface area contributed by atoms with Crippen molar-refractivity contribution in [3.63, 3.8) is 0 Å². The van der Waals surface area contributed by atoms with E-state index in [9.17, 15) is 4.79 Å². The molecule has 1 aliphatic heterocycles. The standard InChI is InChI=1S/C14H17NO/c1-14-9-8-13(16)15-12(14)7-6-10-4-2-3-5-11(10)14/h2-5,12H,6-9H2,1H3,(H,15,16)/t12-,14-/m1/s1. The highest BCUT2D eigenvalue weighted by Crippen LogP contribution is 2.42. The number of amides is 1. The van der Waals surface area contributed by atoms with Crippen molar-refractivity contribution in [3.8, 4) is 0 Å². The summed E-state index contributed by atoms with van der Waals surface area (Å²) < 4.78 is 0. The Morgan fingerprint density at radius 3 is 3.00 bits per heavy atom. The van der Waals surface area contributed by atoms with Crippen LogP contribution in [0.2, 0.25) is 0 Å². The molecule has 2 atom stereocenters. The Morgan fingerprint density at radius 1 is 1.31 bits per heavy atom. The van der Waals surface area contributed by atoms with E-state index in [1.807, 2.05) is 0 Å². The van der Waals surface area contributed by atoms with E-state index < -0.39 is 0 Å². The van der Waals surface area contributed by atoms with Crippen LogP contribution in [0.3, 0.4) is 0 Å². The van der Waals surface area contributed by atoms with E-state index >= 15 is 0 Å². The fourth-order valence-corrected chi connectivity index (χ4v) is 3.28. The fourth-order valence-electron chi connectivity index (χ4n) is 3.28. The van der Waals surface area contributed by atoms with E-state index in [0.717, 1.165) is 19.3 Å². The van der Waals surface area contributed by atoms with Crippen molar-refractivity contribution >= 4 is 5.91 Å². The molecule has 0 unspecified atom stereocenters. The Morgan fingerprint density at radius 2 is 2.12 bits per heavy atom. The number of piperidine rings is 1. The van der Waals surface area contributed by atoms with Crippen LogP contribution in [-0.2, 0) is 16.6 Å². The molecule has 2 aliphatic rings. The van der Waals surface area contributed by atoms with E-state index in [-0.39, 0.29) is 11.3 Å². The van der Waals surface area contributed by atoms with Crippen molar-refractivity contribution in [1.29, 1.82) is 0 Å². The number of hydrogen-bond donors (Lipinski definition) is 1. The van der Waals surface area contributed by atoms with Crippen LogP contribution in [0, 0.1) is 0 Å². The third-order valence-corrected chi connectivity index (χ3v) is 4.31. The first kappa shape index (κ1) is 9.88. The van der Waals surface area contributed by atoms with Crippen LogP contribution in [-0.4, -0.2) is 11.9 Å². The Labute approximate surface area is 96.1 Å². The number of fused-ring (bicyclic) bond motifs is 3. The van der Waals surface area contributed by atoms with Crippen LogP contribution in [0.4, 0.5) is 0 Å². The maximum absolute atomic E-state index is 11.5. The molecule has 1 aromatic rings. The number of carbonyl (C=O) groups is 1. The summed E-state index contributed by atoms with van der Waals surface area (Å²) in [5.74, 6) is 0.224. The Kier molecular flexibility index (Phi) is 2.06. The summed E-state index contributed by atoms with van der Waals surface area (Å²) in [4.78, 5) is 11.5. The second kappa shape index (κ2) is 3.34. The molecule has 0 radical (unpaired) electrons. The van der Waals surface area contributed by atoms with E-state index in [2.05, 4.69) is 36.5 Å². The van der Waals surface area contributed by atoms with Gasteiger partial charge in [0.2, 0.25) is 5.91 Å². The molecule has 16 heavy (non-hydrogen) atoms. The molecule has 1 aromatic carbocycles. The highest BCUT2D eigenvalue weighted by molar-refractivity contribution is 5.78. The lowest BCUT2D eigenvalue weighted by Gasteiger charge is -2.46. The average molecular weight is 215 g/mol. The van der Waals surface area contributed by atoms with Crippen molar-refractivity contribution in [1.82, 2.24) is 5.32 Å². The van der Waals surface area contributed by atoms with Crippen LogP contribution >= 0.6 is 0 Å². The summed E-state index contributed by atoms with van der Waals surface area (Å²) in [6.45, 7) is 2.30. The Balaban J connectivity index is 2.07. The Bertz CT molecular complexity index is 440. The summed E-state index contributed by atoms with van der Waals surface area (Å²) in [5.41, 5.74) is 3.08. The van der Waals surface area contributed by atoms with Gasteiger partial charge in [0, 0.05) is 17.9 Å². The van der Waals surface area contributed by atoms with Crippen molar-refractivity contribution in [2.75, 3.05) is 0 Å². The van der Waals surface area contributed by atoms with Crippen LogP contribution in [0.1, 0.15) is 37.3 Å². The normalized spacial score (nSPS) is 32.6. The summed E-state index contributed by atoms with van der Waals surface area (Å²) in [5, 5.41) is 3.16. The quantitative estimate of drug-likeness (QED) is 0.706. The molecular weight excluding hydrogens is 198 g/mol. The Hall–Kier alpha value is -1.31. The zero-order valence-electron chi connectivity index (χ0n) is 9.62. The average Bonchev–Trinajstić information content (AvgIpc) is 2.31. The molecule has 3 rings (SSSR count). The maximum atomic E-state index is 11.5. The van der Waals surface area contributed by atoms with Gasteiger partial charge in [0.15, 0.2) is 0 Å². The van der Waals surface area contributed by atoms with Crippen LogP contribution in [0.25, 0.3) is 0 Å². The molecule has 1 heterocycles. The van der Waals surface area contributed by atoms with E-state index in [0.29, 0.717) is 12.5 Å². The highest BCUT2D eigenvalue weighted by atomic mass is 16.1.